The number of rotatable bonds is 14. The molecule has 46 heavy (non-hydrogen) atoms. The summed E-state index contributed by atoms with van der Waals surface area (Å²) in [7, 11) is 0. The number of benzene rings is 4. The lowest BCUT2D eigenvalue weighted by molar-refractivity contribution is -0.127. The fourth-order valence-corrected chi connectivity index (χ4v) is 4.11. The first-order chi connectivity index (χ1) is 22.3. The van der Waals surface area contributed by atoms with E-state index < -0.39 is 0 Å². The van der Waals surface area contributed by atoms with E-state index in [2.05, 4.69) is 97.1 Å². The summed E-state index contributed by atoms with van der Waals surface area (Å²) < 4.78 is 0. The van der Waals surface area contributed by atoms with Gasteiger partial charge in [0.1, 0.15) is 28.9 Å². The molecule has 0 aliphatic heterocycles. The van der Waals surface area contributed by atoms with Crippen LogP contribution in [-0.4, -0.2) is 28.9 Å². The maximum atomic E-state index is 11.6. The zero-order valence-corrected chi connectivity index (χ0v) is 28.8. The van der Waals surface area contributed by atoms with Crippen molar-refractivity contribution in [2.75, 3.05) is 0 Å². The van der Waals surface area contributed by atoms with Gasteiger partial charge in [0.25, 0.3) is 0 Å². The summed E-state index contributed by atoms with van der Waals surface area (Å²) in [5.41, 5.74) is 0. The first kappa shape index (κ1) is 41.8. The van der Waals surface area contributed by atoms with Crippen LogP contribution in [0.1, 0.15) is 106 Å². The van der Waals surface area contributed by atoms with E-state index in [1.165, 1.54) is 21.5 Å². The van der Waals surface area contributed by atoms with E-state index >= 15 is 0 Å². The standard InChI is InChI=1S/C17H26O5.2C10H8.2C2H6/c1-3-13(18)5-7-15(20)9-11-17(22)12-10-16(21)8-6-14(19)4-2;2*1-2-6-10-8-4-3-7-9(10)5-1;2*1-2/h3-12H2,1-2H3;2*1-8H;2*1-2H3. The number of hydrogen-bond acceptors (Lipinski definition) is 5. The normalized spacial score (nSPS) is 9.52. The zero-order chi connectivity index (χ0) is 34.6. The van der Waals surface area contributed by atoms with E-state index in [0.717, 1.165) is 0 Å². The SMILES string of the molecule is CC.CC.CCC(=O)CCC(=O)CCC(=O)CCC(=O)CCC(=O)CC.c1ccc2ccccc2c1.c1ccc2ccccc2c1. The summed E-state index contributed by atoms with van der Waals surface area (Å²) in [6, 6.07) is 33.4. The van der Waals surface area contributed by atoms with Gasteiger partial charge >= 0.3 is 0 Å². The highest BCUT2D eigenvalue weighted by molar-refractivity contribution is 5.91. The van der Waals surface area contributed by atoms with Crippen LogP contribution in [0.3, 0.4) is 0 Å². The Morgan fingerprint density at radius 1 is 0.326 bits per heavy atom. The van der Waals surface area contributed by atoms with Crippen molar-refractivity contribution in [1.82, 2.24) is 0 Å². The largest absolute Gasteiger partial charge is 0.300 e. The van der Waals surface area contributed by atoms with E-state index in [0.29, 0.717) is 12.8 Å². The van der Waals surface area contributed by atoms with Crippen molar-refractivity contribution in [2.45, 2.75) is 106 Å². The Kier molecular flexibility index (Phi) is 24.6. The van der Waals surface area contributed by atoms with Gasteiger partial charge in [-0.2, -0.15) is 0 Å². The Morgan fingerprint density at radius 2 is 0.478 bits per heavy atom. The molecule has 0 fully saturated rings. The van der Waals surface area contributed by atoms with Gasteiger partial charge in [0, 0.05) is 64.2 Å². The van der Waals surface area contributed by atoms with E-state index in [9.17, 15) is 24.0 Å². The summed E-state index contributed by atoms with van der Waals surface area (Å²) in [5, 5.41) is 5.24. The van der Waals surface area contributed by atoms with Gasteiger partial charge in [0.05, 0.1) is 0 Å². The molecule has 0 amide bonds. The maximum Gasteiger partial charge on any atom is 0.133 e. The van der Waals surface area contributed by atoms with Crippen molar-refractivity contribution >= 4 is 50.5 Å². The molecule has 0 aliphatic carbocycles. The average Bonchev–Trinajstić information content (AvgIpc) is 3.13. The molecule has 0 aliphatic rings. The molecule has 4 aromatic rings. The second-order valence-corrected chi connectivity index (χ2v) is 10.1. The molecule has 0 atom stereocenters. The monoisotopic (exact) mass is 626 g/mol. The van der Waals surface area contributed by atoms with Crippen LogP contribution < -0.4 is 0 Å². The van der Waals surface area contributed by atoms with Gasteiger partial charge < -0.3 is 0 Å². The molecule has 5 nitrogen and oxygen atoms in total. The van der Waals surface area contributed by atoms with Gasteiger partial charge in [-0.1, -0.05) is 139 Å². The van der Waals surface area contributed by atoms with Crippen LogP contribution in [0.2, 0.25) is 0 Å². The van der Waals surface area contributed by atoms with E-state index in [1.807, 2.05) is 27.7 Å². The van der Waals surface area contributed by atoms with E-state index in [1.54, 1.807) is 13.8 Å². The molecular weight excluding hydrogens is 572 g/mol. The van der Waals surface area contributed by atoms with Crippen molar-refractivity contribution in [2.24, 2.45) is 0 Å². The second-order valence-electron chi connectivity index (χ2n) is 10.1. The highest BCUT2D eigenvalue weighted by Crippen LogP contribution is 2.12. The minimum absolute atomic E-state index is 0.0481. The molecule has 0 unspecified atom stereocenters. The molecule has 0 radical (unpaired) electrons. The lowest BCUT2D eigenvalue weighted by atomic mass is 10.0. The Hall–Kier alpha value is -4.25. The number of fused-ring (bicyclic) bond motifs is 2. The molecule has 0 aromatic heterocycles. The minimum atomic E-state index is -0.120. The van der Waals surface area contributed by atoms with E-state index in [4.69, 9.17) is 0 Å². The Bertz CT molecular complexity index is 1210. The molecule has 0 saturated heterocycles. The maximum absolute atomic E-state index is 11.6. The molecule has 4 rings (SSSR count). The predicted molar refractivity (Wildman–Crippen MR) is 193 cm³/mol. The first-order valence-corrected chi connectivity index (χ1v) is 16.8. The second kappa shape index (κ2) is 27.1. The molecule has 0 spiro atoms. The topological polar surface area (TPSA) is 85.3 Å². The van der Waals surface area contributed by atoms with Crippen molar-refractivity contribution in [3.63, 3.8) is 0 Å². The smallest absolute Gasteiger partial charge is 0.133 e. The van der Waals surface area contributed by atoms with Crippen LogP contribution in [-0.2, 0) is 24.0 Å². The number of Topliss-reactive ketones (excluding diaryl/α,β-unsaturated/α-hetero) is 5. The van der Waals surface area contributed by atoms with Crippen molar-refractivity contribution < 1.29 is 24.0 Å². The third-order valence-electron chi connectivity index (χ3n) is 6.84. The van der Waals surface area contributed by atoms with Crippen LogP contribution in [0.4, 0.5) is 0 Å². The lowest BCUT2D eigenvalue weighted by Gasteiger charge is -2.02. The van der Waals surface area contributed by atoms with Crippen molar-refractivity contribution in [3.05, 3.63) is 97.1 Å². The molecule has 248 valence electrons. The third kappa shape index (κ3) is 19.2. The van der Waals surface area contributed by atoms with Crippen LogP contribution >= 0.6 is 0 Å². The minimum Gasteiger partial charge on any atom is -0.300 e. The Labute approximate surface area is 276 Å². The van der Waals surface area contributed by atoms with Gasteiger partial charge in [-0.3, -0.25) is 24.0 Å². The van der Waals surface area contributed by atoms with Gasteiger partial charge in [-0.15, -0.1) is 0 Å². The number of carbonyl (C=O) groups excluding carboxylic acids is 5. The summed E-state index contributed by atoms with van der Waals surface area (Å²) in [6.45, 7) is 11.5. The molecule has 0 heterocycles. The number of carbonyl (C=O) groups is 5. The first-order valence-electron chi connectivity index (χ1n) is 16.8. The van der Waals surface area contributed by atoms with Gasteiger partial charge in [-0.25, -0.2) is 0 Å². The van der Waals surface area contributed by atoms with Crippen molar-refractivity contribution in [3.8, 4) is 0 Å². The summed E-state index contributed by atoms with van der Waals surface area (Å²) in [5.74, 6) is -0.200. The fourth-order valence-electron chi connectivity index (χ4n) is 4.11. The van der Waals surface area contributed by atoms with Crippen molar-refractivity contribution in [1.29, 1.82) is 0 Å². The molecule has 0 saturated carbocycles. The molecule has 0 bridgehead atoms. The van der Waals surface area contributed by atoms with Crippen LogP contribution in [0.5, 0.6) is 0 Å². The molecule has 0 N–H and O–H groups in total. The van der Waals surface area contributed by atoms with Gasteiger partial charge in [0.2, 0.25) is 0 Å². The lowest BCUT2D eigenvalue weighted by Crippen LogP contribution is -2.09. The number of ketones is 5. The molecular formula is C41H54O5. The average molecular weight is 627 g/mol. The van der Waals surface area contributed by atoms with E-state index in [-0.39, 0.29) is 80.3 Å². The molecule has 4 aromatic carbocycles. The number of hydrogen-bond donors (Lipinski definition) is 0. The summed E-state index contributed by atoms with van der Waals surface area (Å²) >= 11 is 0. The zero-order valence-electron chi connectivity index (χ0n) is 28.8. The summed E-state index contributed by atoms with van der Waals surface area (Å²) in [6.07, 6.45) is 2.25. The predicted octanol–water partition coefficient (Wildman–Crippen LogP) is 10.5. The highest BCUT2D eigenvalue weighted by Gasteiger charge is 2.12. The van der Waals surface area contributed by atoms with Gasteiger partial charge in [-0.05, 0) is 21.5 Å². The summed E-state index contributed by atoms with van der Waals surface area (Å²) in [4.78, 5) is 56.8. The van der Waals surface area contributed by atoms with Gasteiger partial charge in [0.15, 0.2) is 0 Å². The molecule has 5 heteroatoms. The van der Waals surface area contributed by atoms with Crippen LogP contribution in [0.25, 0.3) is 21.5 Å². The fraction of sp³-hybridized carbons (Fsp3) is 0.390. The quantitative estimate of drug-likeness (QED) is 0.139. The Balaban J connectivity index is 0.000000689. The third-order valence-corrected chi connectivity index (χ3v) is 6.84. The Morgan fingerprint density at radius 3 is 0.630 bits per heavy atom. The van der Waals surface area contributed by atoms with Crippen LogP contribution in [0.15, 0.2) is 97.1 Å². The van der Waals surface area contributed by atoms with Crippen LogP contribution in [0, 0.1) is 0 Å². The highest BCUT2D eigenvalue weighted by atomic mass is 16.1.